The number of ether oxygens (including phenoxy) is 2. The van der Waals surface area contributed by atoms with Gasteiger partial charge in [0.05, 0.1) is 13.2 Å². The molecule has 17 heavy (non-hydrogen) atoms. The maximum Gasteiger partial charge on any atom is 0.348 e. The van der Waals surface area contributed by atoms with Crippen LogP contribution >= 0.6 is 0 Å². The van der Waals surface area contributed by atoms with Crippen molar-refractivity contribution in [3.05, 3.63) is 23.1 Å². The molecular formula is C11H13N3O3. The van der Waals surface area contributed by atoms with Gasteiger partial charge >= 0.3 is 5.97 Å². The van der Waals surface area contributed by atoms with Gasteiger partial charge in [-0.2, -0.15) is 10.5 Å². The van der Waals surface area contributed by atoms with Crippen molar-refractivity contribution in [1.82, 2.24) is 0 Å². The molecule has 0 bridgehead atoms. The minimum atomic E-state index is -0.799. The number of hydrogen-bond acceptors (Lipinski definition) is 6. The van der Waals surface area contributed by atoms with Gasteiger partial charge in [0.1, 0.15) is 23.3 Å². The van der Waals surface area contributed by atoms with Crippen LogP contribution in [0.5, 0.6) is 0 Å². The lowest BCUT2D eigenvalue weighted by atomic mass is 10.2. The fraction of sp³-hybridized carbons (Fsp3) is 0.364. The zero-order chi connectivity index (χ0) is 13.3. The van der Waals surface area contributed by atoms with Gasteiger partial charge in [-0.25, -0.2) is 4.79 Å². The molecule has 0 aromatic carbocycles. The van der Waals surface area contributed by atoms with E-state index in [4.69, 9.17) is 21.0 Å². The Kier molecular flexibility index (Phi) is 6.64. The molecule has 0 radical (unpaired) electrons. The van der Waals surface area contributed by atoms with Gasteiger partial charge in [0.15, 0.2) is 0 Å². The standard InChI is InChI=1S/C11H13N3O3/c1-3-16-10(14)8(6-12)5-9(7-13)11(15)17-4-2/h5H,3-4,14H2,1-2H3/b9-5+,10-8+. The average molecular weight is 235 g/mol. The lowest BCUT2D eigenvalue weighted by molar-refractivity contribution is -0.138. The Hall–Kier alpha value is -2.47. The maximum atomic E-state index is 11.3. The largest absolute Gasteiger partial charge is 0.479 e. The van der Waals surface area contributed by atoms with Crippen LogP contribution in [-0.2, 0) is 14.3 Å². The molecule has 0 amide bonds. The van der Waals surface area contributed by atoms with Gasteiger partial charge in [-0.3, -0.25) is 0 Å². The summed E-state index contributed by atoms with van der Waals surface area (Å²) in [6.07, 6.45) is 1.04. The zero-order valence-corrected chi connectivity index (χ0v) is 9.69. The van der Waals surface area contributed by atoms with E-state index < -0.39 is 5.97 Å². The minimum absolute atomic E-state index is 0.0866. The summed E-state index contributed by atoms with van der Waals surface area (Å²) < 4.78 is 9.55. The molecule has 2 N–H and O–H groups in total. The van der Waals surface area contributed by atoms with Crippen LogP contribution in [0.4, 0.5) is 0 Å². The van der Waals surface area contributed by atoms with E-state index in [0.717, 1.165) is 6.08 Å². The molecule has 0 aliphatic rings. The topological polar surface area (TPSA) is 109 Å². The lowest BCUT2D eigenvalue weighted by Gasteiger charge is -2.03. The molecule has 0 aromatic rings. The predicted octanol–water partition coefficient (Wildman–Crippen LogP) is 0.730. The number of hydrogen-bond donors (Lipinski definition) is 1. The number of allylic oxidation sites excluding steroid dienone is 2. The minimum Gasteiger partial charge on any atom is -0.479 e. The molecule has 0 heterocycles. The highest BCUT2D eigenvalue weighted by Crippen LogP contribution is 2.07. The molecule has 0 aliphatic carbocycles. The van der Waals surface area contributed by atoms with Crippen LogP contribution in [0.2, 0.25) is 0 Å². The Morgan fingerprint density at radius 2 is 1.82 bits per heavy atom. The second-order valence-electron chi connectivity index (χ2n) is 2.71. The smallest absolute Gasteiger partial charge is 0.348 e. The molecule has 0 saturated carbocycles. The first kappa shape index (κ1) is 14.5. The molecule has 0 atom stereocenters. The van der Waals surface area contributed by atoms with Gasteiger partial charge in [-0.05, 0) is 19.9 Å². The van der Waals surface area contributed by atoms with Crippen molar-refractivity contribution in [2.75, 3.05) is 13.2 Å². The van der Waals surface area contributed by atoms with Crippen molar-refractivity contribution in [3.63, 3.8) is 0 Å². The fourth-order valence-corrected chi connectivity index (χ4v) is 0.882. The third-order valence-electron chi connectivity index (χ3n) is 1.59. The number of nitriles is 2. The number of carbonyl (C=O) groups excluding carboxylic acids is 1. The van der Waals surface area contributed by atoms with E-state index in [1.165, 1.54) is 0 Å². The highest BCUT2D eigenvalue weighted by molar-refractivity contribution is 5.93. The van der Waals surface area contributed by atoms with Gasteiger partial charge in [0, 0.05) is 0 Å². The van der Waals surface area contributed by atoms with Crippen LogP contribution in [0, 0.1) is 22.7 Å². The van der Waals surface area contributed by atoms with Gasteiger partial charge < -0.3 is 15.2 Å². The van der Waals surface area contributed by atoms with E-state index in [0.29, 0.717) is 0 Å². The summed E-state index contributed by atoms with van der Waals surface area (Å²) in [4.78, 5) is 11.3. The summed E-state index contributed by atoms with van der Waals surface area (Å²) in [7, 11) is 0. The van der Waals surface area contributed by atoms with Crippen LogP contribution in [0.15, 0.2) is 23.1 Å². The number of esters is 1. The summed E-state index contributed by atoms with van der Waals surface area (Å²) in [6, 6.07) is 3.38. The average Bonchev–Trinajstić information content (AvgIpc) is 2.31. The molecule has 90 valence electrons. The van der Waals surface area contributed by atoms with Crippen molar-refractivity contribution < 1.29 is 14.3 Å². The third kappa shape index (κ3) is 4.72. The van der Waals surface area contributed by atoms with E-state index in [1.54, 1.807) is 26.0 Å². The molecular weight excluding hydrogens is 222 g/mol. The van der Waals surface area contributed by atoms with Crippen molar-refractivity contribution in [3.8, 4) is 12.1 Å². The number of nitrogens with zero attached hydrogens (tertiary/aromatic N) is 2. The van der Waals surface area contributed by atoms with Crippen molar-refractivity contribution in [2.24, 2.45) is 5.73 Å². The highest BCUT2D eigenvalue weighted by Gasteiger charge is 2.12. The molecule has 0 rings (SSSR count). The van der Waals surface area contributed by atoms with Crippen molar-refractivity contribution in [2.45, 2.75) is 13.8 Å². The summed E-state index contributed by atoms with van der Waals surface area (Å²) >= 11 is 0. The Bertz CT molecular complexity index is 424. The molecule has 6 nitrogen and oxygen atoms in total. The summed E-state index contributed by atoms with van der Waals surface area (Å²) in [5, 5.41) is 17.6. The first-order chi connectivity index (χ1) is 8.10. The molecule has 0 fully saturated rings. The van der Waals surface area contributed by atoms with Crippen LogP contribution < -0.4 is 5.73 Å². The number of carbonyl (C=O) groups is 1. The third-order valence-corrected chi connectivity index (χ3v) is 1.59. The first-order valence-corrected chi connectivity index (χ1v) is 4.92. The molecule has 0 unspecified atom stereocenters. The Morgan fingerprint density at radius 1 is 1.24 bits per heavy atom. The summed E-state index contributed by atoms with van der Waals surface area (Å²) in [5.74, 6) is -0.931. The van der Waals surface area contributed by atoms with Gasteiger partial charge in [-0.1, -0.05) is 0 Å². The number of nitrogens with two attached hydrogens (primary N) is 1. The van der Waals surface area contributed by atoms with Crippen molar-refractivity contribution >= 4 is 5.97 Å². The van der Waals surface area contributed by atoms with E-state index >= 15 is 0 Å². The molecule has 0 spiro atoms. The number of rotatable bonds is 5. The monoisotopic (exact) mass is 235 g/mol. The molecule has 6 heteroatoms. The van der Waals surface area contributed by atoms with E-state index in [-0.39, 0.29) is 30.2 Å². The Balaban J connectivity index is 5.20. The first-order valence-electron chi connectivity index (χ1n) is 4.92. The second kappa shape index (κ2) is 7.77. The molecule has 0 aromatic heterocycles. The zero-order valence-electron chi connectivity index (χ0n) is 9.69. The highest BCUT2D eigenvalue weighted by atomic mass is 16.5. The van der Waals surface area contributed by atoms with E-state index in [2.05, 4.69) is 4.74 Å². The predicted molar refractivity (Wildman–Crippen MR) is 58.8 cm³/mol. The molecule has 0 saturated heterocycles. The summed E-state index contributed by atoms with van der Waals surface area (Å²) in [6.45, 7) is 3.74. The quantitative estimate of drug-likeness (QED) is 0.247. The summed E-state index contributed by atoms with van der Waals surface area (Å²) in [5.41, 5.74) is 5.06. The molecule has 0 aliphatic heterocycles. The van der Waals surface area contributed by atoms with Gasteiger partial charge in [0.2, 0.25) is 5.88 Å². The Morgan fingerprint density at radius 3 is 2.24 bits per heavy atom. The van der Waals surface area contributed by atoms with Crippen LogP contribution in [-0.4, -0.2) is 19.2 Å². The van der Waals surface area contributed by atoms with Crippen molar-refractivity contribution in [1.29, 1.82) is 10.5 Å². The van der Waals surface area contributed by atoms with Crippen LogP contribution in [0.3, 0.4) is 0 Å². The lowest BCUT2D eigenvalue weighted by Crippen LogP contribution is -2.09. The van der Waals surface area contributed by atoms with Crippen LogP contribution in [0.25, 0.3) is 0 Å². The maximum absolute atomic E-state index is 11.3. The fourth-order valence-electron chi connectivity index (χ4n) is 0.882. The van der Waals surface area contributed by atoms with Gasteiger partial charge in [-0.15, -0.1) is 0 Å². The Labute approximate surface area is 99.5 Å². The van der Waals surface area contributed by atoms with Gasteiger partial charge in [0.25, 0.3) is 0 Å². The van der Waals surface area contributed by atoms with E-state index in [1.807, 2.05) is 0 Å². The second-order valence-corrected chi connectivity index (χ2v) is 2.71. The van der Waals surface area contributed by atoms with Crippen LogP contribution in [0.1, 0.15) is 13.8 Å². The normalized spacial score (nSPS) is 11.9. The SMILES string of the molecule is CCOC(=O)/C(C#N)=C/C(C#N)=C(/N)OCC. The van der Waals surface area contributed by atoms with E-state index in [9.17, 15) is 4.79 Å².